The molecule has 1 aromatic rings. The first-order chi connectivity index (χ1) is 5.97. The van der Waals surface area contributed by atoms with Crippen LogP contribution in [0, 0.1) is 4.78 Å². The second-order valence-corrected chi connectivity index (χ2v) is 5.75. The van der Waals surface area contributed by atoms with Gasteiger partial charge < -0.3 is 0 Å². The van der Waals surface area contributed by atoms with Gasteiger partial charge in [-0.1, -0.05) is 30.1 Å². The molecule has 0 saturated heterocycles. The molecule has 0 heterocycles. The number of hydrogen-bond acceptors (Lipinski definition) is 2. The molecule has 5 heteroatoms. The van der Waals surface area contributed by atoms with E-state index in [1.807, 2.05) is 0 Å². The van der Waals surface area contributed by atoms with E-state index in [4.69, 9.17) is 28.0 Å². The Morgan fingerprint density at radius 1 is 1.46 bits per heavy atom. The molecule has 1 N–H and O–H groups in total. The summed E-state index contributed by atoms with van der Waals surface area (Å²) in [5.41, 5.74) is 0. The van der Waals surface area contributed by atoms with Crippen LogP contribution in [-0.4, -0.2) is 9.96 Å². The molecule has 1 rings (SSSR count). The Morgan fingerprint density at radius 3 is 2.62 bits per heavy atom. The van der Waals surface area contributed by atoms with Crippen LogP contribution in [0.5, 0.6) is 0 Å². The fourth-order valence-electron chi connectivity index (χ4n) is 0.885. The normalized spacial score (nSPS) is 15.3. The molecule has 0 aliphatic carbocycles. The Labute approximate surface area is 87.8 Å². The van der Waals surface area contributed by atoms with Crippen LogP contribution in [0.1, 0.15) is 6.92 Å². The quantitative estimate of drug-likeness (QED) is 0.842. The fourth-order valence-corrected chi connectivity index (χ4v) is 2.62. The van der Waals surface area contributed by atoms with Gasteiger partial charge in [0.25, 0.3) is 0 Å². The minimum Gasteiger partial charge on any atom is -0.249 e. The van der Waals surface area contributed by atoms with E-state index in [9.17, 15) is 4.21 Å². The summed E-state index contributed by atoms with van der Waals surface area (Å²) in [7, 11) is -2.77. The summed E-state index contributed by atoms with van der Waals surface area (Å²) in [6, 6.07) is 4.66. The summed E-state index contributed by atoms with van der Waals surface area (Å²) < 4.78 is 19.2. The van der Waals surface area contributed by atoms with E-state index >= 15 is 0 Å². The van der Waals surface area contributed by atoms with E-state index in [-0.39, 0.29) is 5.75 Å². The molecule has 0 fully saturated rings. The zero-order valence-corrected chi connectivity index (χ0v) is 9.34. The molecule has 0 bridgehead atoms. The van der Waals surface area contributed by atoms with Crippen molar-refractivity contribution in [2.75, 3.05) is 5.75 Å². The summed E-state index contributed by atoms with van der Waals surface area (Å²) in [5, 5.41) is 0.791. The molecule has 1 atom stereocenters. The second-order valence-electron chi connectivity index (χ2n) is 2.54. The van der Waals surface area contributed by atoms with Crippen molar-refractivity contribution in [2.45, 2.75) is 11.8 Å². The van der Waals surface area contributed by atoms with Crippen molar-refractivity contribution in [2.24, 2.45) is 0 Å². The van der Waals surface area contributed by atoms with E-state index in [2.05, 4.69) is 0 Å². The van der Waals surface area contributed by atoms with Gasteiger partial charge in [0.05, 0.1) is 19.6 Å². The number of benzene rings is 1. The van der Waals surface area contributed by atoms with Crippen molar-refractivity contribution in [3.8, 4) is 0 Å². The van der Waals surface area contributed by atoms with Crippen molar-refractivity contribution < 1.29 is 4.21 Å². The first kappa shape index (κ1) is 10.8. The largest absolute Gasteiger partial charge is 0.249 e. The van der Waals surface area contributed by atoms with Crippen LogP contribution in [0.15, 0.2) is 23.1 Å². The lowest BCUT2D eigenvalue weighted by Gasteiger charge is -2.06. The van der Waals surface area contributed by atoms with Gasteiger partial charge in [0.2, 0.25) is 0 Å². The minimum absolute atomic E-state index is 0.243. The Morgan fingerprint density at radius 2 is 2.08 bits per heavy atom. The highest BCUT2D eigenvalue weighted by molar-refractivity contribution is 7.92. The molecule has 0 unspecified atom stereocenters. The maximum atomic E-state index is 11.7. The highest BCUT2D eigenvalue weighted by Crippen LogP contribution is 2.25. The van der Waals surface area contributed by atoms with E-state index in [0.717, 1.165) is 0 Å². The molecule has 2 nitrogen and oxygen atoms in total. The van der Waals surface area contributed by atoms with Gasteiger partial charge in [0.1, 0.15) is 0 Å². The van der Waals surface area contributed by atoms with Crippen LogP contribution in [-0.2, 0) is 9.73 Å². The van der Waals surface area contributed by atoms with Crippen molar-refractivity contribution in [1.82, 2.24) is 0 Å². The van der Waals surface area contributed by atoms with Crippen molar-refractivity contribution in [3.63, 3.8) is 0 Å². The average molecular weight is 238 g/mol. The Kier molecular flexibility index (Phi) is 3.22. The Balaban J connectivity index is 3.38. The maximum absolute atomic E-state index is 11.7. The van der Waals surface area contributed by atoms with E-state index in [1.165, 1.54) is 6.07 Å². The second kappa shape index (κ2) is 3.86. The van der Waals surface area contributed by atoms with Crippen LogP contribution in [0.2, 0.25) is 10.0 Å². The van der Waals surface area contributed by atoms with Crippen LogP contribution < -0.4 is 0 Å². The summed E-state index contributed by atoms with van der Waals surface area (Å²) in [5.74, 6) is 0.243. The number of halogens is 2. The van der Waals surface area contributed by atoms with Gasteiger partial charge in [-0.3, -0.25) is 0 Å². The Hall–Kier alpha value is -0.250. The van der Waals surface area contributed by atoms with E-state index < -0.39 is 9.73 Å². The van der Waals surface area contributed by atoms with Crippen molar-refractivity contribution in [3.05, 3.63) is 28.2 Å². The average Bonchev–Trinajstić information content (AvgIpc) is 2.09. The van der Waals surface area contributed by atoms with Gasteiger partial charge in [-0.25, -0.2) is 8.99 Å². The first-order valence-corrected chi connectivity index (χ1v) is 6.17. The van der Waals surface area contributed by atoms with Crippen LogP contribution >= 0.6 is 23.2 Å². The molecule has 0 radical (unpaired) electrons. The SMILES string of the molecule is CC[S@@](=N)(=O)c1cc(Cl)ccc1Cl. The predicted octanol–water partition coefficient (Wildman–Crippen LogP) is 3.42. The fraction of sp³-hybridized carbons (Fsp3) is 0.250. The number of hydrogen-bond donors (Lipinski definition) is 1. The molecule has 0 aromatic heterocycles. The van der Waals surface area contributed by atoms with Gasteiger partial charge in [0.15, 0.2) is 0 Å². The molecule has 0 aliphatic heterocycles. The molecule has 1 aromatic carbocycles. The lowest BCUT2D eigenvalue weighted by atomic mass is 10.4. The first-order valence-electron chi connectivity index (χ1n) is 3.69. The van der Waals surface area contributed by atoms with E-state index in [1.54, 1.807) is 19.1 Å². The Bertz CT molecular complexity index is 414. The van der Waals surface area contributed by atoms with Gasteiger partial charge in [-0.05, 0) is 18.2 Å². The summed E-state index contributed by atoms with van der Waals surface area (Å²) in [6.07, 6.45) is 0. The van der Waals surface area contributed by atoms with E-state index in [0.29, 0.717) is 14.9 Å². The third kappa shape index (κ3) is 2.36. The third-order valence-electron chi connectivity index (χ3n) is 1.66. The highest BCUT2D eigenvalue weighted by atomic mass is 35.5. The molecule has 0 saturated carbocycles. The van der Waals surface area contributed by atoms with Gasteiger partial charge in [-0.2, -0.15) is 0 Å². The summed E-state index contributed by atoms with van der Waals surface area (Å²) in [6.45, 7) is 1.69. The standard InChI is InChI=1S/C8H9Cl2NOS/c1-2-13(11,12)8-5-6(9)3-4-7(8)10/h3-5,11H,2H2,1H3/t13-/m1/s1. The summed E-state index contributed by atoms with van der Waals surface area (Å²) >= 11 is 11.5. The molecule has 72 valence electrons. The lowest BCUT2D eigenvalue weighted by Crippen LogP contribution is -2.02. The zero-order chi connectivity index (χ0) is 10.1. The smallest absolute Gasteiger partial charge is 0.0738 e. The monoisotopic (exact) mass is 237 g/mol. The molecule has 0 aliphatic rings. The summed E-state index contributed by atoms with van der Waals surface area (Å²) in [4.78, 5) is 0.323. The molecule has 13 heavy (non-hydrogen) atoms. The van der Waals surface area contributed by atoms with Crippen molar-refractivity contribution in [1.29, 1.82) is 4.78 Å². The zero-order valence-electron chi connectivity index (χ0n) is 7.01. The predicted molar refractivity (Wildman–Crippen MR) is 56.1 cm³/mol. The third-order valence-corrected chi connectivity index (χ3v) is 4.19. The van der Waals surface area contributed by atoms with Crippen LogP contribution in [0.25, 0.3) is 0 Å². The number of rotatable bonds is 2. The van der Waals surface area contributed by atoms with Gasteiger partial charge in [-0.15, -0.1) is 0 Å². The highest BCUT2D eigenvalue weighted by Gasteiger charge is 2.12. The lowest BCUT2D eigenvalue weighted by molar-refractivity contribution is 0.675. The minimum atomic E-state index is -2.77. The molecular formula is C8H9Cl2NOS. The number of nitrogens with one attached hydrogen (secondary N) is 1. The molecule has 0 spiro atoms. The molecular weight excluding hydrogens is 229 g/mol. The van der Waals surface area contributed by atoms with Crippen molar-refractivity contribution >= 4 is 32.9 Å². The maximum Gasteiger partial charge on any atom is 0.0738 e. The van der Waals surface area contributed by atoms with Crippen LogP contribution in [0.4, 0.5) is 0 Å². The van der Waals surface area contributed by atoms with Gasteiger partial charge >= 0.3 is 0 Å². The topological polar surface area (TPSA) is 40.9 Å². The van der Waals surface area contributed by atoms with Gasteiger partial charge in [0, 0.05) is 10.8 Å². The molecule has 0 amide bonds. The van der Waals surface area contributed by atoms with Crippen LogP contribution in [0.3, 0.4) is 0 Å².